The Kier molecular flexibility index (Phi) is 8.16. The molecule has 43 heavy (non-hydrogen) atoms. The van der Waals surface area contributed by atoms with Crippen LogP contribution in [0.1, 0.15) is 11.1 Å². The van der Waals surface area contributed by atoms with Crippen molar-refractivity contribution in [1.82, 2.24) is 5.32 Å². The molecule has 1 amide bonds. The second-order valence-electron chi connectivity index (χ2n) is 10.0. The van der Waals surface area contributed by atoms with Crippen LogP contribution in [0.3, 0.4) is 0 Å². The quantitative estimate of drug-likeness (QED) is 0.133. The van der Waals surface area contributed by atoms with Gasteiger partial charge in [0.2, 0.25) is 12.1 Å². The van der Waals surface area contributed by atoms with Crippen LogP contribution in [-0.4, -0.2) is 57.1 Å². The molecular formula is C32H27Cl2N7O2. The molecule has 2 aliphatic heterocycles. The van der Waals surface area contributed by atoms with Crippen LogP contribution < -0.4 is 20.4 Å². The van der Waals surface area contributed by atoms with Crippen LogP contribution in [0, 0.1) is 11.5 Å². The number of carbonyl (C=O) groups excluding carboxylic acids is 1. The summed E-state index contributed by atoms with van der Waals surface area (Å²) in [7, 11) is 1.66. The Labute approximate surface area is 259 Å². The zero-order chi connectivity index (χ0) is 29.9. The molecule has 9 nitrogen and oxygen atoms in total. The monoisotopic (exact) mass is 611 g/mol. The minimum Gasteiger partial charge on any atom is -0.378 e. The normalized spacial score (nSPS) is 17.2. The van der Waals surface area contributed by atoms with Crippen molar-refractivity contribution in [1.29, 1.82) is 5.26 Å². The number of anilines is 3. The average Bonchev–Trinajstić information content (AvgIpc) is 3.12. The van der Waals surface area contributed by atoms with Crippen molar-refractivity contribution < 1.29 is 9.53 Å². The smallest absolute Gasteiger partial charge is 0.274 e. The highest BCUT2D eigenvalue weighted by Gasteiger charge is 2.31. The van der Waals surface area contributed by atoms with Crippen LogP contribution >= 0.6 is 23.2 Å². The number of hydrogen-bond acceptors (Lipinski definition) is 6. The predicted octanol–water partition coefficient (Wildman–Crippen LogP) is 5.66. The molecule has 1 unspecified atom stereocenters. The standard InChI is InChI=1S/C32H27Cl2N7O2/c1-40-27-12-10-20(33)18-24(27)29(23-8-4-5-9-25(23)34)38-30(31(40)42)39-32(36-19-35)37-26-11-13-28(41-14-16-43-17-15-41)22-7-3-2-6-21(22)26/h2-13,18,30H,14-17H2,1H3,(H2,36,37,39). The summed E-state index contributed by atoms with van der Waals surface area (Å²) in [5, 5.41) is 18.4. The lowest BCUT2D eigenvalue weighted by Gasteiger charge is -2.30. The maximum atomic E-state index is 13.8. The predicted molar refractivity (Wildman–Crippen MR) is 173 cm³/mol. The summed E-state index contributed by atoms with van der Waals surface area (Å²) in [6, 6.07) is 24.5. The lowest BCUT2D eigenvalue weighted by Crippen LogP contribution is -2.37. The van der Waals surface area contributed by atoms with E-state index < -0.39 is 12.1 Å². The number of benzene rings is 4. The molecule has 0 spiro atoms. The molecule has 4 aromatic rings. The van der Waals surface area contributed by atoms with Crippen molar-refractivity contribution in [2.75, 3.05) is 48.5 Å². The molecule has 2 N–H and O–H groups in total. The molecule has 4 aromatic carbocycles. The fourth-order valence-electron chi connectivity index (χ4n) is 5.35. The molecule has 11 heteroatoms. The molecule has 2 aliphatic rings. The Bertz CT molecular complexity index is 1810. The number of nitriles is 1. The molecular weight excluding hydrogens is 585 g/mol. The van der Waals surface area contributed by atoms with Gasteiger partial charge in [0, 0.05) is 63.5 Å². The summed E-state index contributed by atoms with van der Waals surface area (Å²) in [4.78, 5) is 27.0. The highest BCUT2D eigenvalue weighted by Crippen LogP contribution is 2.34. The molecule has 0 saturated carbocycles. The van der Waals surface area contributed by atoms with Crippen LogP contribution in [0.25, 0.3) is 10.8 Å². The van der Waals surface area contributed by atoms with Gasteiger partial charge in [-0.25, -0.2) is 9.98 Å². The Morgan fingerprint density at radius 2 is 1.70 bits per heavy atom. The van der Waals surface area contributed by atoms with Gasteiger partial charge in [-0.2, -0.15) is 5.26 Å². The summed E-state index contributed by atoms with van der Waals surface area (Å²) in [5.41, 5.74) is 4.16. The highest BCUT2D eigenvalue weighted by atomic mass is 35.5. The number of nitrogens with one attached hydrogen (secondary N) is 2. The van der Waals surface area contributed by atoms with Crippen molar-refractivity contribution in [2.24, 2.45) is 9.98 Å². The first kappa shape index (κ1) is 28.5. The maximum Gasteiger partial charge on any atom is 0.274 e. The fourth-order valence-corrected chi connectivity index (χ4v) is 5.75. The number of fused-ring (bicyclic) bond motifs is 2. The molecule has 1 fully saturated rings. The van der Waals surface area contributed by atoms with Gasteiger partial charge in [0.25, 0.3) is 5.91 Å². The van der Waals surface area contributed by atoms with Gasteiger partial charge in [-0.05, 0) is 36.4 Å². The van der Waals surface area contributed by atoms with E-state index in [1.54, 1.807) is 31.3 Å². The number of likely N-dealkylation sites (N-methyl/N-ethyl adjacent to an activating group) is 1. The number of benzodiazepines with no additional fused rings is 1. The van der Waals surface area contributed by atoms with Gasteiger partial charge in [0.05, 0.1) is 24.6 Å². The second-order valence-corrected chi connectivity index (χ2v) is 10.9. The Balaban J connectivity index is 1.44. The van der Waals surface area contributed by atoms with E-state index in [0.29, 0.717) is 51.5 Å². The fraction of sp³-hybridized carbons (Fsp3) is 0.188. The minimum atomic E-state index is -1.23. The molecule has 1 atom stereocenters. The minimum absolute atomic E-state index is 0.0739. The Hall–Kier alpha value is -4.62. The number of nitrogens with zero attached hydrogens (tertiary/aromatic N) is 5. The number of guanidine groups is 1. The molecule has 1 saturated heterocycles. The van der Waals surface area contributed by atoms with Crippen molar-refractivity contribution in [2.45, 2.75) is 6.17 Å². The number of aliphatic imine (C=N–C) groups is 2. The van der Waals surface area contributed by atoms with Crippen molar-refractivity contribution in [3.63, 3.8) is 0 Å². The van der Waals surface area contributed by atoms with Crippen molar-refractivity contribution in [3.05, 3.63) is 100 Å². The number of halogens is 2. The molecule has 2 heterocycles. The first-order valence-electron chi connectivity index (χ1n) is 13.7. The molecule has 0 bridgehead atoms. The van der Waals surface area contributed by atoms with Gasteiger partial charge in [0.1, 0.15) is 0 Å². The van der Waals surface area contributed by atoms with Crippen LogP contribution in [0.4, 0.5) is 17.1 Å². The summed E-state index contributed by atoms with van der Waals surface area (Å²) in [6.07, 6.45) is 0.698. The maximum absolute atomic E-state index is 13.8. The third-order valence-electron chi connectivity index (χ3n) is 7.44. The van der Waals surface area contributed by atoms with Gasteiger partial charge in [-0.3, -0.25) is 10.1 Å². The largest absolute Gasteiger partial charge is 0.378 e. The summed E-state index contributed by atoms with van der Waals surface area (Å²) in [5.74, 6) is -0.318. The Morgan fingerprint density at radius 3 is 2.47 bits per heavy atom. The van der Waals surface area contributed by atoms with Gasteiger partial charge in [-0.15, -0.1) is 0 Å². The Morgan fingerprint density at radius 1 is 0.977 bits per heavy atom. The van der Waals surface area contributed by atoms with E-state index in [-0.39, 0.29) is 5.96 Å². The van der Waals surface area contributed by atoms with E-state index >= 15 is 0 Å². The first-order valence-corrected chi connectivity index (χ1v) is 14.4. The highest BCUT2D eigenvalue weighted by molar-refractivity contribution is 6.37. The molecule has 6 rings (SSSR count). The van der Waals surface area contributed by atoms with Crippen LogP contribution in [-0.2, 0) is 9.53 Å². The van der Waals surface area contributed by atoms with E-state index in [4.69, 9.17) is 32.9 Å². The first-order chi connectivity index (χ1) is 20.9. The van der Waals surface area contributed by atoms with Crippen LogP contribution in [0.2, 0.25) is 10.0 Å². The number of carbonyl (C=O) groups is 1. The number of amides is 1. The summed E-state index contributed by atoms with van der Waals surface area (Å²) < 4.78 is 5.54. The molecule has 216 valence electrons. The number of ether oxygens (including phenoxy) is 1. The van der Waals surface area contributed by atoms with Crippen molar-refractivity contribution >= 4 is 68.6 Å². The lowest BCUT2D eigenvalue weighted by atomic mass is 10.00. The van der Waals surface area contributed by atoms with Gasteiger partial charge >= 0.3 is 0 Å². The average molecular weight is 613 g/mol. The second kappa shape index (κ2) is 12.3. The molecule has 0 aromatic heterocycles. The number of rotatable bonds is 4. The summed E-state index contributed by atoms with van der Waals surface area (Å²) >= 11 is 13.0. The van der Waals surface area contributed by atoms with E-state index in [1.165, 1.54) is 4.90 Å². The SMILES string of the molecule is CN1C(=O)C(/N=C(\NC#N)Nc2ccc(N3CCOCC3)c3ccccc23)N=C(c2ccccc2Cl)c2cc(Cl)ccc21. The van der Waals surface area contributed by atoms with Crippen molar-refractivity contribution in [3.8, 4) is 6.19 Å². The third kappa shape index (κ3) is 5.73. The number of hydrogen-bond donors (Lipinski definition) is 2. The molecule has 0 radical (unpaired) electrons. The van der Waals surface area contributed by atoms with E-state index in [0.717, 1.165) is 29.5 Å². The van der Waals surface area contributed by atoms with Crippen LogP contribution in [0.15, 0.2) is 88.8 Å². The molecule has 0 aliphatic carbocycles. The van der Waals surface area contributed by atoms with Gasteiger partial charge in [0.15, 0.2) is 6.19 Å². The van der Waals surface area contributed by atoms with E-state index in [9.17, 15) is 10.1 Å². The zero-order valence-electron chi connectivity index (χ0n) is 23.2. The van der Waals surface area contributed by atoms with Crippen LogP contribution in [0.5, 0.6) is 0 Å². The van der Waals surface area contributed by atoms with E-state index in [2.05, 4.69) is 26.6 Å². The number of morpholine rings is 1. The topological polar surface area (TPSA) is 105 Å². The summed E-state index contributed by atoms with van der Waals surface area (Å²) in [6.45, 7) is 2.95. The van der Waals surface area contributed by atoms with Gasteiger partial charge < -0.3 is 19.9 Å². The van der Waals surface area contributed by atoms with E-state index in [1.807, 2.05) is 54.7 Å². The third-order valence-corrected chi connectivity index (χ3v) is 8.00. The lowest BCUT2D eigenvalue weighted by molar-refractivity contribution is -0.119. The zero-order valence-corrected chi connectivity index (χ0v) is 24.7. The van der Waals surface area contributed by atoms with Gasteiger partial charge in [-0.1, -0.05) is 65.7 Å².